The van der Waals surface area contributed by atoms with Gasteiger partial charge in [0.1, 0.15) is 0 Å². The molecule has 1 aromatic heterocycles. The molecule has 11 rings (SSSR count). The van der Waals surface area contributed by atoms with Crippen LogP contribution in [0.2, 0.25) is 0 Å². The van der Waals surface area contributed by atoms with Gasteiger partial charge in [0.2, 0.25) is 0 Å². The molecule has 0 aliphatic rings. The summed E-state index contributed by atoms with van der Waals surface area (Å²) in [5.74, 6) is 0. The predicted octanol–water partition coefficient (Wildman–Crippen LogP) is 17.0. The molecule has 1 heterocycles. The lowest BCUT2D eigenvalue weighted by atomic mass is 9.94. The van der Waals surface area contributed by atoms with Gasteiger partial charge in [0.05, 0.1) is 0 Å². The van der Waals surface area contributed by atoms with E-state index in [9.17, 15) is 0 Å². The summed E-state index contributed by atoms with van der Waals surface area (Å²) in [6, 6.07) is 86.2. The third-order valence-electron chi connectivity index (χ3n) is 11.7. The van der Waals surface area contributed by atoms with Crippen LogP contribution < -0.4 is 4.90 Å². The lowest BCUT2D eigenvalue weighted by Gasteiger charge is -2.26. The number of anilines is 3. The van der Waals surface area contributed by atoms with E-state index in [1.54, 1.807) is 0 Å². The predicted molar refractivity (Wildman–Crippen MR) is 259 cm³/mol. The fraction of sp³-hybridized carbons (Fsp3) is 0. The van der Waals surface area contributed by atoms with Crippen molar-refractivity contribution < 1.29 is 0 Å². The van der Waals surface area contributed by atoms with E-state index >= 15 is 0 Å². The summed E-state index contributed by atoms with van der Waals surface area (Å²) in [6.07, 6.45) is 0. The van der Waals surface area contributed by atoms with Crippen molar-refractivity contribution in [2.75, 3.05) is 4.90 Å². The number of thiophene rings is 1. The van der Waals surface area contributed by atoms with E-state index in [0.717, 1.165) is 17.1 Å². The molecule has 0 radical (unpaired) electrons. The third-order valence-corrected chi connectivity index (χ3v) is 12.8. The minimum Gasteiger partial charge on any atom is -0.310 e. The first-order valence-corrected chi connectivity index (χ1v) is 21.3. The Balaban J connectivity index is 0.979. The Kier molecular flexibility index (Phi) is 9.11. The highest BCUT2D eigenvalue weighted by atomic mass is 32.1. The van der Waals surface area contributed by atoms with Crippen molar-refractivity contribution in [2.45, 2.75) is 0 Å². The summed E-state index contributed by atoms with van der Waals surface area (Å²) >= 11 is 1.86. The molecule has 0 unspecified atom stereocenters. The molecule has 11 aromatic rings. The molecule has 1 nitrogen and oxygen atoms in total. The number of rotatable bonds is 8. The van der Waals surface area contributed by atoms with Crippen LogP contribution in [-0.2, 0) is 0 Å². The van der Waals surface area contributed by atoms with Crippen molar-refractivity contribution >= 4 is 59.3 Å². The highest BCUT2D eigenvalue weighted by Crippen LogP contribution is 2.41. The molecule has 0 amide bonds. The number of hydrogen-bond donors (Lipinski definition) is 0. The average molecular weight is 782 g/mol. The van der Waals surface area contributed by atoms with Crippen LogP contribution in [0.5, 0.6) is 0 Å². The summed E-state index contributed by atoms with van der Waals surface area (Å²) in [7, 11) is 0. The van der Waals surface area contributed by atoms with Gasteiger partial charge in [-0.1, -0.05) is 170 Å². The Morgan fingerprint density at radius 3 is 1.53 bits per heavy atom. The number of hydrogen-bond acceptors (Lipinski definition) is 2. The lowest BCUT2D eigenvalue weighted by Crippen LogP contribution is -2.10. The molecule has 0 bridgehead atoms. The second kappa shape index (κ2) is 15.3. The minimum atomic E-state index is 1.09. The second-order valence-electron chi connectivity index (χ2n) is 15.3. The molecule has 0 N–H and O–H groups in total. The van der Waals surface area contributed by atoms with Gasteiger partial charge >= 0.3 is 0 Å². The molecule has 0 saturated heterocycles. The van der Waals surface area contributed by atoms with Crippen molar-refractivity contribution in [3.63, 3.8) is 0 Å². The van der Waals surface area contributed by atoms with Gasteiger partial charge in [0, 0.05) is 37.2 Å². The van der Waals surface area contributed by atoms with Crippen molar-refractivity contribution in [1.82, 2.24) is 0 Å². The molecule has 0 spiro atoms. The van der Waals surface area contributed by atoms with Crippen LogP contribution in [0.25, 0.3) is 86.6 Å². The zero-order chi connectivity index (χ0) is 39.8. The van der Waals surface area contributed by atoms with Crippen LogP contribution in [0.1, 0.15) is 0 Å². The van der Waals surface area contributed by atoms with Gasteiger partial charge in [-0.25, -0.2) is 0 Å². The van der Waals surface area contributed by atoms with E-state index in [4.69, 9.17) is 0 Å². The molecule has 0 atom stereocenters. The molecular weight excluding hydrogens is 743 g/mol. The largest absolute Gasteiger partial charge is 0.310 e. The van der Waals surface area contributed by atoms with Gasteiger partial charge in [0.25, 0.3) is 0 Å². The number of nitrogens with zero attached hydrogens (tertiary/aromatic N) is 1. The third kappa shape index (κ3) is 6.73. The Hall–Kier alpha value is -7.52. The van der Waals surface area contributed by atoms with Crippen molar-refractivity contribution in [1.29, 1.82) is 0 Å². The van der Waals surface area contributed by atoms with Gasteiger partial charge < -0.3 is 4.90 Å². The Morgan fingerprint density at radius 2 is 0.767 bits per heavy atom. The van der Waals surface area contributed by atoms with E-state index in [2.05, 4.69) is 241 Å². The van der Waals surface area contributed by atoms with Gasteiger partial charge in [-0.15, -0.1) is 11.3 Å². The number of fused-ring (bicyclic) bond motifs is 4. The lowest BCUT2D eigenvalue weighted by molar-refractivity contribution is 1.28. The summed E-state index contributed by atoms with van der Waals surface area (Å²) < 4.78 is 2.65. The van der Waals surface area contributed by atoms with Crippen molar-refractivity contribution in [3.05, 3.63) is 237 Å². The maximum atomic E-state index is 2.38. The number of benzene rings is 10. The average Bonchev–Trinajstić information content (AvgIpc) is 3.70. The van der Waals surface area contributed by atoms with E-state index in [1.807, 2.05) is 11.3 Å². The van der Waals surface area contributed by atoms with E-state index in [-0.39, 0.29) is 0 Å². The maximum absolute atomic E-state index is 2.38. The summed E-state index contributed by atoms with van der Waals surface area (Å²) in [5.41, 5.74) is 15.3. The Labute approximate surface area is 354 Å². The maximum Gasteiger partial charge on any atom is 0.0467 e. The van der Waals surface area contributed by atoms with Gasteiger partial charge in [-0.3, -0.25) is 0 Å². The Bertz CT molecular complexity index is 3310. The summed E-state index contributed by atoms with van der Waals surface area (Å²) in [5, 5.41) is 5.14. The zero-order valence-corrected chi connectivity index (χ0v) is 33.7. The minimum absolute atomic E-state index is 1.09. The van der Waals surface area contributed by atoms with E-state index in [0.29, 0.717) is 0 Å². The fourth-order valence-corrected chi connectivity index (χ4v) is 9.71. The normalized spacial score (nSPS) is 11.3. The molecule has 282 valence electrons. The van der Waals surface area contributed by atoms with Crippen LogP contribution in [-0.4, -0.2) is 0 Å². The first-order chi connectivity index (χ1) is 29.7. The van der Waals surface area contributed by atoms with Crippen LogP contribution in [0.4, 0.5) is 17.1 Å². The van der Waals surface area contributed by atoms with Crippen molar-refractivity contribution in [3.8, 4) is 55.6 Å². The zero-order valence-electron chi connectivity index (χ0n) is 32.9. The van der Waals surface area contributed by atoms with E-state index in [1.165, 1.54) is 86.6 Å². The molecular formula is C58H39NS. The highest BCUT2D eigenvalue weighted by Gasteiger charge is 2.16. The molecule has 2 heteroatoms. The van der Waals surface area contributed by atoms with Gasteiger partial charge in [0.15, 0.2) is 0 Å². The fourth-order valence-electron chi connectivity index (χ4n) is 8.62. The SMILES string of the molecule is c1ccc(-c2ccccc2-c2cccc(N(c3ccc(-c4cccc(-c5ccc6ccccc6c5)c4)cc3)c3ccc(-c4ccc5sc6ccccc6c5c4)cc3)c2)cc1. The quantitative estimate of drug-likeness (QED) is 0.148. The standard InChI is InChI=1S/C58H39NS/c1-2-13-43(14-3-1)53-20-6-7-21-54(53)49-18-11-19-52(38-49)59(51-33-28-42(29-34-51)48-30-35-58-56(39-48)55-22-8-9-23-57(55)60-58)50-31-26-41(27-32-50)45-16-10-17-46(36-45)47-25-24-40-12-4-5-15-44(40)37-47/h1-39H. The monoisotopic (exact) mass is 781 g/mol. The topological polar surface area (TPSA) is 3.24 Å². The molecule has 0 aliphatic carbocycles. The van der Waals surface area contributed by atoms with Crippen LogP contribution in [0.15, 0.2) is 237 Å². The second-order valence-corrected chi connectivity index (χ2v) is 16.4. The van der Waals surface area contributed by atoms with Crippen molar-refractivity contribution in [2.24, 2.45) is 0 Å². The smallest absolute Gasteiger partial charge is 0.0467 e. The van der Waals surface area contributed by atoms with Crippen LogP contribution in [0, 0.1) is 0 Å². The molecule has 0 saturated carbocycles. The molecule has 60 heavy (non-hydrogen) atoms. The van der Waals surface area contributed by atoms with Crippen LogP contribution >= 0.6 is 11.3 Å². The summed E-state index contributed by atoms with van der Waals surface area (Å²) in [4.78, 5) is 2.38. The molecule has 0 aliphatic heterocycles. The summed E-state index contributed by atoms with van der Waals surface area (Å²) in [6.45, 7) is 0. The first kappa shape index (κ1) is 35.6. The van der Waals surface area contributed by atoms with Gasteiger partial charge in [-0.2, -0.15) is 0 Å². The highest BCUT2D eigenvalue weighted by molar-refractivity contribution is 7.25. The Morgan fingerprint density at radius 1 is 0.250 bits per heavy atom. The van der Waals surface area contributed by atoms with Gasteiger partial charge in [-0.05, 0) is 133 Å². The molecule has 0 fully saturated rings. The van der Waals surface area contributed by atoms with E-state index < -0.39 is 0 Å². The first-order valence-electron chi connectivity index (χ1n) is 20.5. The van der Waals surface area contributed by atoms with Crippen LogP contribution in [0.3, 0.4) is 0 Å². The molecule has 10 aromatic carbocycles.